The zero-order valence-corrected chi connectivity index (χ0v) is 29.8. The summed E-state index contributed by atoms with van der Waals surface area (Å²) in [5, 5.41) is -0.863. The van der Waals surface area contributed by atoms with Gasteiger partial charge in [0.05, 0.1) is 0 Å². The molecule has 0 aliphatic carbocycles. The van der Waals surface area contributed by atoms with Crippen LogP contribution in [0.3, 0.4) is 0 Å². The number of rotatable bonds is 10. The predicted molar refractivity (Wildman–Crippen MR) is 162 cm³/mol. The highest BCUT2D eigenvalue weighted by Gasteiger charge is 2.52. The van der Waals surface area contributed by atoms with E-state index in [9.17, 15) is 38.4 Å². The highest BCUT2D eigenvalue weighted by Crippen LogP contribution is 2.32. The summed E-state index contributed by atoms with van der Waals surface area (Å²) >= 11 is 7.36. The van der Waals surface area contributed by atoms with Crippen LogP contribution in [-0.4, -0.2) is 120 Å². The third-order valence-corrected chi connectivity index (χ3v) is 7.05. The van der Waals surface area contributed by atoms with E-state index < -0.39 is 107 Å². The predicted octanol–water partition coefficient (Wildman–Crippen LogP) is 0.464. The van der Waals surface area contributed by atoms with E-state index in [1.165, 1.54) is 20.8 Å². The lowest BCUT2D eigenvalue weighted by Crippen LogP contribution is -2.61. The van der Waals surface area contributed by atoms with Crippen LogP contribution in [-0.2, 0) is 85.7 Å². The molecule has 0 aromatic heterocycles. The van der Waals surface area contributed by atoms with Crippen LogP contribution in [0.5, 0.6) is 0 Å². The number of carbonyl (C=O) groups excluding carboxylic acids is 8. The van der Waals surface area contributed by atoms with Crippen molar-refractivity contribution >= 4 is 76.3 Å². The van der Waals surface area contributed by atoms with Crippen LogP contribution in [0.15, 0.2) is 0 Å². The number of thiol groups is 1. The molecule has 48 heavy (non-hydrogen) atoms. The molecular formula is C28H39BrO18S. The van der Waals surface area contributed by atoms with Crippen LogP contribution in [0.25, 0.3) is 0 Å². The Morgan fingerprint density at radius 2 is 0.750 bits per heavy atom. The maximum atomic E-state index is 11.4. The first-order valence-electron chi connectivity index (χ1n) is 14.2. The lowest BCUT2D eigenvalue weighted by Gasteiger charge is -2.42. The second-order valence-corrected chi connectivity index (χ2v) is 11.6. The highest BCUT2D eigenvalue weighted by atomic mass is 79.9. The molecule has 0 N–H and O–H groups in total. The van der Waals surface area contributed by atoms with Gasteiger partial charge in [0.1, 0.15) is 30.9 Å². The Balaban J connectivity index is 0.000000480. The molecule has 2 rings (SSSR count). The topological polar surface area (TPSA) is 229 Å². The van der Waals surface area contributed by atoms with Crippen LogP contribution in [0.4, 0.5) is 0 Å². The Kier molecular flexibility index (Phi) is 17.8. The molecule has 0 aromatic rings. The molecule has 0 amide bonds. The van der Waals surface area contributed by atoms with Crippen molar-refractivity contribution in [3.05, 3.63) is 0 Å². The summed E-state index contributed by atoms with van der Waals surface area (Å²) in [6.45, 7) is 8.89. The molecule has 2 fully saturated rings. The number of carbonyl (C=O) groups is 8. The number of esters is 8. The van der Waals surface area contributed by atoms with E-state index in [0.717, 1.165) is 34.6 Å². The zero-order valence-electron chi connectivity index (χ0n) is 27.4. The minimum Gasteiger partial charge on any atom is -0.463 e. The molecule has 2 aliphatic rings. The second-order valence-electron chi connectivity index (χ2n) is 10.1. The van der Waals surface area contributed by atoms with Crippen molar-refractivity contribution in [1.29, 1.82) is 0 Å². The Bertz CT molecular complexity index is 1100. The standard InChI is InChI=1S/C14H19BrO9.C14H20O9S/c1-6(16)20-5-10-11(21-7(2)17)12(22-8(3)18)13(14(15)24-10)23-9(4)19;1-6(15)19-5-10-11(20-7(2)16)12(21-8(3)17)13(14(24)23-10)22-9(4)18/h10-14H,5H2,1-4H3;10-14,24H,5H2,1-4H3/t10?,11-,12-,13?,14-;10?,11-,12-,13?,14?/m00/s1. The molecule has 2 saturated heterocycles. The summed E-state index contributed by atoms with van der Waals surface area (Å²) < 4.78 is 51.7. The van der Waals surface area contributed by atoms with Crippen LogP contribution in [0.1, 0.15) is 55.4 Å². The molecule has 0 saturated carbocycles. The van der Waals surface area contributed by atoms with Crippen molar-refractivity contribution in [3.63, 3.8) is 0 Å². The van der Waals surface area contributed by atoms with Crippen LogP contribution in [0, 0.1) is 0 Å². The largest absolute Gasteiger partial charge is 0.463 e. The normalized spacial score (nSPS) is 29.3. The van der Waals surface area contributed by atoms with E-state index in [0.29, 0.717) is 0 Å². The average molecular weight is 776 g/mol. The van der Waals surface area contributed by atoms with Crippen molar-refractivity contribution in [3.8, 4) is 0 Å². The first-order chi connectivity index (χ1) is 22.2. The van der Waals surface area contributed by atoms with Crippen molar-refractivity contribution in [2.75, 3.05) is 13.2 Å². The Morgan fingerprint density at radius 3 is 1.10 bits per heavy atom. The number of ether oxygens (including phenoxy) is 10. The Hall–Kier alpha value is -3.49. The molecule has 0 spiro atoms. The summed E-state index contributed by atoms with van der Waals surface area (Å²) in [4.78, 5) is 90.2. The second kappa shape index (κ2) is 20.1. The van der Waals surface area contributed by atoms with E-state index >= 15 is 0 Å². The van der Waals surface area contributed by atoms with Crippen molar-refractivity contribution in [1.82, 2.24) is 0 Å². The van der Waals surface area contributed by atoms with Gasteiger partial charge in [0, 0.05) is 55.4 Å². The van der Waals surface area contributed by atoms with Crippen LogP contribution in [0.2, 0.25) is 0 Å². The van der Waals surface area contributed by atoms with Gasteiger partial charge in [-0.1, -0.05) is 15.9 Å². The third-order valence-electron chi connectivity index (χ3n) is 5.90. The first kappa shape index (κ1) is 42.5. The number of alkyl halides is 1. The molecule has 10 atom stereocenters. The number of halogens is 1. The van der Waals surface area contributed by atoms with Gasteiger partial charge >= 0.3 is 47.8 Å². The highest BCUT2D eigenvalue weighted by molar-refractivity contribution is 9.09. The summed E-state index contributed by atoms with van der Waals surface area (Å²) in [6.07, 6.45) is -8.57. The molecule has 5 unspecified atom stereocenters. The molecule has 18 nitrogen and oxygen atoms in total. The molecule has 2 aliphatic heterocycles. The van der Waals surface area contributed by atoms with Gasteiger partial charge in [0.2, 0.25) is 0 Å². The van der Waals surface area contributed by atoms with Crippen molar-refractivity contribution < 1.29 is 85.7 Å². The van der Waals surface area contributed by atoms with Gasteiger partial charge in [-0.05, 0) is 0 Å². The molecular weight excluding hydrogens is 736 g/mol. The molecule has 272 valence electrons. The lowest BCUT2D eigenvalue weighted by atomic mass is 9.99. The van der Waals surface area contributed by atoms with Crippen LogP contribution >= 0.6 is 28.6 Å². The molecule has 20 heteroatoms. The van der Waals surface area contributed by atoms with E-state index in [4.69, 9.17) is 47.4 Å². The minimum absolute atomic E-state index is 0.236. The smallest absolute Gasteiger partial charge is 0.303 e. The monoisotopic (exact) mass is 774 g/mol. The summed E-state index contributed by atoms with van der Waals surface area (Å²) in [5.74, 6) is -5.09. The van der Waals surface area contributed by atoms with Gasteiger partial charge < -0.3 is 47.4 Å². The molecule has 0 radical (unpaired) electrons. The maximum Gasteiger partial charge on any atom is 0.303 e. The SMILES string of the molecule is CC(=O)OCC1OC(S)C(OC(C)=O)[C@@H](OC(C)=O)[C@H]1OC(C)=O.CC(=O)OCC1O[C@H](Br)C(OC(C)=O)[C@@H](OC(C)=O)[C@H]1OC(C)=O. The fraction of sp³-hybridized carbons (Fsp3) is 0.714. The summed E-state index contributed by atoms with van der Waals surface area (Å²) in [7, 11) is 0. The fourth-order valence-electron chi connectivity index (χ4n) is 4.38. The maximum absolute atomic E-state index is 11.4. The summed E-state index contributed by atoms with van der Waals surface area (Å²) in [6, 6.07) is 0. The average Bonchev–Trinajstić information content (AvgIpc) is 2.92. The van der Waals surface area contributed by atoms with Gasteiger partial charge in [0.25, 0.3) is 0 Å². The van der Waals surface area contributed by atoms with E-state index in [1.54, 1.807) is 0 Å². The fourth-order valence-corrected chi connectivity index (χ4v) is 5.45. The number of hydrogen-bond donors (Lipinski definition) is 1. The van der Waals surface area contributed by atoms with Gasteiger partial charge in [-0.2, -0.15) is 0 Å². The Labute approximate surface area is 289 Å². The summed E-state index contributed by atoms with van der Waals surface area (Å²) in [5.41, 5.74) is -0.981. The van der Waals surface area contributed by atoms with E-state index in [2.05, 4.69) is 28.6 Å². The van der Waals surface area contributed by atoms with Crippen molar-refractivity contribution in [2.45, 2.75) is 115 Å². The lowest BCUT2D eigenvalue weighted by molar-refractivity contribution is -0.237. The van der Waals surface area contributed by atoms with Gasteiger partial charge in [-0.3, -0.25) is 38.4 Å². The van der Waals surface area contributed by atoms with E-state index in [1.807, 2.05) is 0 Å². The van der Waals surface area contributed by atoms with E-state index in [-0.39, 0.29) is 13.2 Å². The van der Waals surface area contributed by atoms with Crippen LogP contribution < -0.4 is 0 Å². The molecule has 0 bridgehead atoms. The molecule has 2 heterocycles. The van der Waals surface area contributed by atoms with Crippen molar-refractivity contribution in [2.24, 2.45) is 0 Å². The quantitative estimate of drug-likeness (QED) is 0.138. The minimum atomic E-state index is -1.16. The molecule has 0 aromatic carbocycles. The third kappa shape index (κ3) is 14.7. The van der Waals surface area contributed by atoms with Gasteiger partial charge in [-0.25, -0.2) is 0 Å². The number of hydrogen-bond acceptors (Lipinski definition) is 19. The van der Waals surface area contributed by atoms with Gasteiger partial charge in [-0.15, -0.1) is 12.6 Å². The Morgan fingerprint density at radius 1 is 0.458 bits per heavy atom. The zero-order chi connectivity index (χ0) is 36.9. The van der Waals surface area contributed by atoms with Gasteiger partial charge in [0.15, 0.2) is 41.6 Å². The first-order valence-corrected chi connectivity index (χ1v) is 15.6.